The fourth-order valence-electron chi connectivity index (χ4n) is 2.60. The van der Waals surface area contributed by atoms with Gasteiger partial charge in [-0.2, -0.15) is 5.10 Å². The Labute approximate surface area is 139 Å². The Morgan fingerprint density at radius 1 is 1.24 bits per heavy atom. The second kappa shape index (κ2) is 5.62. The van der Waals surface area contributed by atoms with Crippen LogP contribution >= 0.6 is 0 Å². The SMILES string of the molecule is Cc1nc2ccc(NC(=O)c3cccc4[nH]c(C(F)F)nc34)cn2n1. The number of nitrogens with one attached hydrogen (secondary N) is 2. The van der Waals surface area contributed by atoms with E-state index in [2.05, 4.69) is 25.4 Å². The number of halogens is 2. The minimum Gasteiger partial charge on any atom is -0.337 e. The summed E-state index contributed by atoms with van der Waals surface area (Å²) in [7, 11) is 0. The second-order valence-corrected chi connectivity index (χ2v) is 5.46. The molecule has 4 rings (SSSR count). The Morgan fingerprint density at radius 3 is 2.88 bits per heavy atom. The largest absolute Gasteiger partial charge is 0.337 e. The highest BCUT2D eigenvalue weighted by molar-refractivity contribution is 6.11. The van der Waals surface area contributed by atoms with Crippen LogP contribution in [-0.2, 0) is 0 Å². The fourth-order valence-corrected chi connectivity index (χ4v) is 2.60. The topological polar surface area (TPSA) is 88.0 Å². The highest BCUT2D eigenvalue weighted by Crippen LogP contribution is 2.23. The van der Waals surface area contributed by atoms with E-state index in [0.29, 0.717) is 22.7 Å². The summed E-state index contributed by atoms with van der Waals surface area (Å²) in [5, 5.41) is 6.90. The van der Waals surface area contributed by atoms with Crippen molar-refractivity contribution < 1.29 is 13.6 Å². The van der Waals surface area contributed by atoms with Crippen molar-refractivity contribution >= 4 is 28.3 Å². The number of anilines is 1. The van der Waals surface area contributed by atoms with E-state index >= 15 is 0 Å². The number of carbonyl (C=O) groups is 1. The molecule has 126 valence electrons. The molecule has 0 atom stereocenters. The average Bonchev–Trinajstić information content (AvgIpc) is 3.16. The molecule has 1 aromatic carbocycles. The van der Waals surface area contributed by atoms with Crippen LogP contribution in [0.5, 0.6) is 0 Å². The van der Waals surface area contributed by atoms with E-state index in [1.807, 2.05) is 0 Å². The number of H-pyrrole nitrogens is 1. The molecule has 0 aliphatic carbocycles. The van der Waals surface area contributed by atoms with Gasteiger partial charge in [-0.05, 0) is 31.2 Å². The molecular weight excluding hydrogens is 330 g/mol. The molecule has 0 aliphatic rings. The molecule has 3 heterocycles. The lowest BCUT2D eigenvalue weighted by molar-refractivity contribution is 0.102. The van der Waals surface area contributed by atoms with Crippen molar-refractivity contribution in [1.82, 2.24) is 24.6 Å². The molecule has 0 radical (unpaired) electrons. The van der Waals surface area contributed by atoms with Crippen LogP contribution < -0.4 is 5.32 Å². The minimum absolute atomic E-state index is 0.202. The quantitative estimate of drug-likeness (QED) is 0.599. The number of para-hydroxylation sites is 1. The number of nitrogens with zero attached hydrogens (tertiary/aromatic N) is 4. The lowest BCUT2D eigenvalue weighted by Crippen LogP contribution is -2.13. The molecule has 3 aromatic heterocycles. The third-order valence-corrected chi connectivity index (χ3v) is 3.68. The zero-order chi connectivity index (χ0) is 17.6. The molecule has 0 saturated carbocycles. The highest BCUT2D eigenvalue weighted by atomic mass is 19.3. The van der Waals surface area contributed by atoms with Gasteiger partial charge in [-0.25, -0.2) is 23.3 Å². The summed E-state index contributed by atoms with van der Waals surface area (Å²) in [6.45, 7) is 1.77. The Balaban J connectivity index is 1.68. The molecule has 7 nitrogen and oxygen atoms in total. The van der Waals surface area contributed by atoms with Crippen molar-refractivity contribution in [2.75, 3.05) is 5.32 Å². The van der Waals surface area contributed by atoms with Crippen molar-refractivity contribution in [3.05, 3.63) is 53.7 Å². The fraction of sp³-hybridized carbons (Fsp3) is 0.125. The lowest BCUT2D eigenvalue weighted by Gasteiger charge is -2.06. The minimum atomic E-state index is -2.73. The summed E-state index contributed by atoms with van der Waals surface area (Å²) in [4.78, 5) is 23.1. The standard InChI is InChI=1S/C16H12F2N6O/c1-8-19-12-6-5-9(7-24(12)23-8)20-16(25)10-3-2-4-11-13(10)22-15(21-11)14(17)18/h2-7,14H,1H3,(H,20,25)(H,21,22). The molecule has 9 heteroatoms. The zero-order valence-electron chi connectivity index (χ0n) is 13.0. The number of imidazole rings is 1. The number of aromatic amines is 1. The maximum absolute atomic E-state index is 12.8. The van der Waals surface area contributed by atoms with Crippen LogP contribution in [0, 0.1) is 6.92 Å². The van der Waals surface area contributed by atoms with Gasteiger partial charge in [-0.3, -0.25) is 4.79 Å². The first-order valence-corrected chi connectivity index (χ1v) is 7.42. The Bertz CT molecular complexity index is 1100. The summed E-state index contributed by atoms with van der Waals surface area (Å²) in [5.41, 5.74) is 1.95. The van der Waals surface area contributed by atoms with Gasteiger partial charge in [0.1, 0.15) is 11.3 Å². The van der Waals surface area contributed by atoms with E-state index < -0.39 is 18.2 Å². The highest BCUT2D eigenvalue weighted by Gasteiger charge is 2.18. The number of rotatable bonds is 3. The number of carbonyl (C=O) groups excluding carboxylic acids is 1. The van der Waals surface area contributed by atoms with E-state index in [4.69, 9.17) is 0 Å². The van der Waals surface area contributed by atoms with E-state index in [0.717, 1.165) is 0 Å². The number of pyridine rings is 1. The molecule has 4 aromatic rings. The van der Waals surface area contributed by atoms with Gasteiger partial charge in [-0.1, -0.05) is 6.07 Å². The van der Waals surface area contributed by atoms with E-state index in [1.54, 1.807) is 41.9 Å². The average molecular weight is 342 g/mol. The third-order valence-electron chi connectivity index (χ3n) is 3.68. The van der Waals surface area contributed by atoms with E-state index in [9.17, 15) is 13.6 Å². The van der Waals surface area contributed by atoms with Crippen molar-refractivity contribution in [1.29, 1.82) is 0 Å². The van der Waals surface area contributed by atoms with Crippen LogP contribution in [-0.4, -0.2) is 30.5 Å². The van der Waals surface area contributed by atoms with Gasteiger partial charge < -0.3 is 10.3 Å². The number of amides is 1. The Morgan fingerprint density at radius 2 is 2.08 bits per heavy atom. The molecule has 2 N–H and O–H groups in total. The molecule has 0 spiro atoms. The molecule has 1 amide bonds. The predicted molar refractivity (Wildman–Crippen MR) is 86.7 cm³/mol. The Kier molecular flexibility index (Phi) is 3.41. The van der Waals surface area contributed by atoms with Crippen molar-refractivity contribution in [2.45, 2.75) is 13.3 Å². The van der Waals surface area contributed by atoms with Crippen molar-refractivity contribution in [3.63, 3.8) is 0 Å². The normalized spacial score (nSPS) is 11.5. The van der Waals surface area contributed by atoms with Crippen LogP contribution in [0.4, 0.5) is 14.5 Å². The smallest absolute Gasteiger partial charge is 0.295 e. The van der Waals surface area contributed by atoms with Gasteiger partial charge in [0.05, 0.1) is 23.0 Å². The van der Waals surface area contributed by atoms with Gasteiger partial charge >= 0.3 is 0 Å². The lowest BCUT2D eigenvalue weighted by atomic mass is 10.1. The van der Waals surface area contributed by atoms with Gasteiger partial charge in [0.2, 0.25) is 0 Å². The number of alkyl halides is 2. The number of benzene rings is 1. The van der Waals surface area contributed by atoms with E-state index in [-0.39, 0.29) is 11.1 Å². The summed E-state index contributed by atoms with van der Waals surface area (Å²) < 4.78 is 27.2. The summed E-state index contributed by atoms with van der Waals surface area (Å²) in [5.74, 6) is -0.298. The number of fused-ring (bicyclic) bond motifs is 2. The second-order valence-electron chi connectivity index (χ2n) is 5.46. The summed E-state index contributed by atoms with van der Waals surface area (Å²) in [6.07, 6.45) is -1.11. The molecular formula is C16H12F2N6O. The summed E-state index contributed by atoms with van der Waals surface area (Å²) >= 11 is 0. The predicted octanol–water partition coefficient (Wildman–Crippen LogP) is 3.10. The molecule has 0 saturated heterocycles. The Hall–Kier alpha value is -3.36. The molecule has 0 aliphatic heterocycles. The van der Waals surface area contributed by atoms with Gasteiger partial charge in [0.15, 0.2) is 11.5 Å². The van der Waals surface area contributed by atoms with Crippen LogP contribution in [0.25, 0.3) is 16.7 Å². The molecule has 0 unspecified atom stereocenters. The van der Waals surface area contributed by atoms with Crippen LogP contribution in [0.2, 0.25) is 0 Å². The first-order valence-electron chi connectivity index (χ1n) is 7.42. The van der Waals surface area contributed by atoms with Crippen molar-refractivity contribution in [3.8, 4) is 0 Å². The first kappa shape index (κ1) is 15.2. The maximum atomic E-state index is 12.8. The van der Waals surface area contributed by atoms with Crippen LogP contribution in [0.1, 0.15) is 28.4 Å². The summed E-state index contributed by atoms with van der Waals surface area (Å²) in [6, 6.07) is 8.14. The van der Waals surface area contributed by atoms with Crippen LogP contribution in [0.3, 0.4) is 0 Å². The molecule has 25 heavy (non-hydrogen) atoms. The monoisotopic (exact) mass is 342 g/mol. The molecule has 0 fully saturated rings. The van der Waals surface area contributed by atoms with Gasteiger partial charge in [0, 0.05) is 0 Å². The first-order chi connectivity index (χ1) is 12.0. The number of hydrogen-bond donors (Lipinski definition) is 2. The molecule has 0 bridgehead atoms. The van der Waals surface area contributed by atoms with E-state index in [1.165, 1.54) is 6.07 Å². The zero-order valence-corrected chi connectivity index (χ0v) is 13.0. The third kappa shape index (κ3) is 2.69. The van der Waals surface area contributed by atoms with Gasteiger partial charge in [-0.15, -0.1) is 0 Å². The number of aryl methyl sites for hydroxylation is 1. The van der Waals surface area contributed by atoms with Crippen LogP contribution in [0.15, 0.2) is 36.5 Å². The number of hydrogen-bond acceptors (Lipinski definition) is 4. The van der Waals surface area contributed by atoms with Gasteiger partial charge in [0.25, 0.3) is 12.3 Å². The number of aromatic nitrogens is 5. The maximum Gasteiger partial charge on any atom is 0.295 e. The van der Waals surface area contributed by atoms with Crippen molar-refractivity contribution in [2.24, 2.45) is 0 Å².